The quantitative estimate of drug-likeness (QED) is 0.627. The Kier molecular flexibility index (Phi) is 6.71. The zero-order valence-electron chi connectivity index (χ0n) is 13.8. The van der Waals surface area contributed by atoms with Crippen molar-refractivity contribution in [2.45, 2.75) is 32.1 Å². The summed E-state index contributed by atoms with van der Waals surface area (Å²) < 4.78 is 26.3. The summed E-state index contributed by atoms with van der Waals surface area (Å²) in [5.41, 5.74) is 1.63. The van der Waals surface area contributed by atoms with Gasteiger partial charge in [-0.3, -0.25) is 9.59 Å². The zero-order valence-corrected chi connectivity index (χ0v) is 14.6. The number of hydrogen-bond acceptors (Lipinski definition) is 4. The molecular weight excluding hydrogens is 318 g/mol. The van der Waals surface area contributed by atoms with Gasteiger partial charge in [-0.25, -0.2) is 13.1 Å². The average molecular weight is 341 g/mol. The van der Waals surface area contributed by atoms with Gasteiger partial charge in [0.2, 0.25) is 15.9 Å². The first-order valence-electron chi connectivity index (χ1n) is 7.26. The lowest BCUT2D eigenvalue weighted by Gasteiger charge is -2.12. The molecular formula is C15H23N3O4S. The molecule has 8 heteroatoms. The number of sulfonamides is 1. The van der Waals surface area contributed by atoms with E-state index in [0.717, 1.165) is 5.56 Å². The molecule has 23 heavy (non-hydrogen) atoms. The molecule has 1 aromatic rings. The van der Waals surface area contributed by atoms with Gasteiger partial charge in [0.25, 0.3) is 5.91 Å². The van der Waals surface area contributed by atoms with Gasteiger partial charge in [0.05, 0.1) is 4.90 Å². The maximum Gasteiger partial charge on any atom is 0.251 e. The fourth-order valence-electron chi connectivity index (χ4n) is 2.00. The second-order valence-corrected chi connectivity index (χ2v) is 7.07. The first-order chi connectivity index (χ1) is 10.7. The average Bonchev–Trinajstić information content (AvgIpc) is 2.48. The van der Waals surface area contributed by atoms with E-state index >= 15 is 0 Å². The summed E-state index contributed by atoms with van der Waals surface area (Å²) in [5, 5.41) is 5.34. The Morgan fingerprint density at radius 1 is 1.09 bits per heavy atom. The van der Waals surface area contributed by atoms with Gasteiger partial charge < -0.3 is 10.6 Å². The normalized spacial score (nSPS) is 11.1. The van der Waals surface area contributed by atoms with E-state index in [-0.39, 0.29) is 16.7 Å². The number of carbonyl (C=O) groups is 2. The highest BCUT2D eigenvalue weighted by Gasteiger charge is 2.19. The lowest BCUT2D eigenvalue weighted by atomic mass is 10.1. The largest absolute Gasteiger partial charge is 0.356 e. The van der Waals surface area contributed by atoms with Crippen LogP contribution in [0.1, 0.15) is 34.8 Å². The molecule has 0 saturated carbocycles. The summed E-state index contributed by atoms with van der Waals surface area (Å²) in [6.07, 6.45) is 0.595. The molecule has 0 spiro atoms. The molecule has 7 nitrogen and oxygen atoms in total. The molecule has 3 N–H and O–H groups in total. The summed E-state index contributed by atoms with van der Waals surface area (Å²) in [7, 11) is -2.29. The maximum absolute atomic E-state index is 12.2. The van der Waals surface area contributed by atoms with Crippen molar-refractivity contribution in [2.75, 3.05) is 20.1 Å². The van der Waals surface area contributed by atoms with Crippen LogP contribution in [0.3, 0.4) is 0 Å². The van der Waals surface area contributed by atoms with Crippen LogP contribution < -0.4 is 15.4 Å². The lowest BCUT2D eigenvalue weighted by Crippen LogP contribution is -2.29. The van der Waals surface area contributed by atoms with E-state index in [1.165, 1.54) is 20.0 Å². The molecule has 0 unspecified atom stereocenters. The number of benzene rings is 1. The third-order valence-corrected chi connectivity index (χ3v) is 4.99. The van der Waals surface area contributed by atoms with E-state index < -0.39 is 10.0 Å². The minimum atomic E-state index is -3.62. The molecule has 1 aromatic carbocycles. The van der Waals surface area contributed by atoms with Crippen LogP contribution in [-0.2, 0) is 14.8 Å². The van der Waals surface area contributed by atoms with Crippen molar-refractivity contribution in [3.8, 4) is 0 Å². The van der Waals surface area contributed by atoms with Crippen LogP contribution in [0.4, 0.5) is 0 Å². The second kappa shape index (κ2) is 8.07. The molecule has 0 aromatic heterocycles. The van der Waals surface area contributed by atoms with Crippen LogP contribution >= 0.6 is 0 Å². The maximum atomic E-state index is 12.2. The van der Waals surface area contributed by atoms with Crippen molar-refractivity contribution in [1.82, 2.24) is 15.4 Å². The zero-order chi connectivity index (χ0) is 17.6. The second-order valence-electron chi connectivity index (χ2n) is 5.22. The minimum absolute atomic E-state index is 0.100. The van der Waals surface area contributed by atoms with Gasteiger partial charge in [0.15, 0.2) is 0 Å². The van der Waals surface area contributed by atoms with Crippen molar-refractivity contribution in [3.63, 3.8) is 0 Å². The highest BCUT2D eigenvalue weighted by atomic mass is 32.2. The predicted molar refractivity (Wildman–Crippen MR) is 87.8 cm³/mol. The van der Waals surface area contributed by atoms with Crippen LogP contribution in [0.15, 0.2) is 17.0 Å². The van der Waals surface area contributed by atoms with Crippen LogP contribution in [0.5, 0.6) is 0 Å². The standard InChI is InChI=1S/C15H23N3O4S/c1-10-8-13(9-14(11(10)2)23(21,22)16-4)15(20)18-7-5-6-17-12(3)19/h8-9,16H,5-7H2,1-4H3,(H,17,19)(H,18,20). The van der Waals surface area contributed by atoms with E-state index in [1.54, 1.807) is 19.9 Å². The summed E-state index contributed by atoms with van der Waals surface area (Å²) in [6.45, 7) is 5.76. The molecule has 128 valence electrons. The Labute approximate surface area is 136 Å². The van der Waals surface area contributed by atoms with Crippen molar-refractivity contribution >= 4 is 21.8 Å². The Bertz CT molecular complexity index is 699. The number of nitrogens with one attached hydrogen (secondary N) is 3. The van der Waals surface area contributed by atoms with Crippen LogP contribution in [0, 0.1) is 13.8 Å². The van der Waals surface area contributed by atoms with E-state index in [4.69, 9.17) is 0 Å². The van der Waals surface area contributed by atoms with E-state index in [9.17, 15) is 18.0 Å². The first-order valence-corrected chi connectivity index (χ1v) is 8.74. The highest BCUT2D eigenvalue weighted by molar-refractivity contribution is 7.89. The highest BCUT2D eigenvalue weighted by Crippen LogP contribution is 2.20. The Hall–Kier alpha value is -1.93. The fourth-order valence-corrected chi connectivity index (χ4v) is 3.07. The minimum Gasteiger partial charge on any atom is -0.356 e. The Morgan fingerprint density at radius 2 is 1.70 bits per heavy atom. The van der Waals surface area contributed by atoms with Crippen molar-refractivity contribution in [1.29, 1.82) is 0 Å². The predicted octanol–water partition coefficient (Wildman–Crippen LogP) is 0.468. The molecule has 0 aliphatic rings. The Morgan fingerprint density at radius 3 is 2.26 bits per heavy atom. The number of carbonyl (C=O) groups excluding carboxylic acids is 2. The molecule has 2 amide bonds. The van der Waals surface area contributed by atoms with Crippen molar-refractivity contribution < 1.29 is 18.0 Å². The van der Waals surface area contributed by atoms with E-state index in [1.807, 2.05) is 0 Å². The Balaban J connectivity index is 2.84. The third-order valence-electron chi connectivity index (χ3n) is 3.45. The third kappa shape index (κ3) is 5.33. The first kappa shape index (κ1) is 19.1. The molecule has 0 bridgehead atoms. The van der Waals surface area contributed by atoms with Crippen molar-refractivity contribution in [2.24, 2.45) is 0 Å². The smallest absolute Gasteiger partial charge is 0.251 e. The van der Waals surface area contributed by atoms with Gasteiger partial charge in [0.1, 0.15) is 0 Å². The number of rotatable bonds is 7. The molecule has 0 fully saturated rings. The number of amides is 2. The molecule has 1 rings (SSSR count). The number of hydrogen-bond donors (Lipinski definition) is 3. The van der Waals surface area contributed by atoms with Crippen LogP contribution in [-0.4, -0.2) is 40.4 Å². The molecule has 0 saturated heterocycles. The molecule has 0 aliphatic heterocycles. The van der Waals surface area contributed by atoms with Gasteiger partial charge in [0, 0.05) is 25.6 Å². The van der Waals surface area contributed by atoms with Crippen LogP contribution in [0.2, 0.25) is 0 Å². The van der Waals surface area contributed by atoms with Gasteiger partial charge >= 0.3 is 0 Å². The van der Waals surface area contributed by atoms with Crippen molar-refractivity contribution in [3.05, 3.63) is 28.8 Å². The summed E-state index contributed by atoms with van der Waals surface area (Å²) in [6, 6.07) is 3.03. The van der Waals surface area contributed by atoms with Gasteiger partial charge in [-0.1, -0.05) is 0 Å². The summed E-state index contributed by atoms with van der Waals surface area (Å²) in [4.78, 5) is 23.0. The SMILES string of the molecule is CNS(=O)(=O)c1cc(C(=O)NCCCNC(C)=O)cc(C)c1C. The summed E-state index contributed by atoms with van der Waals surface area (Å²) in [5.74, 6) is -0.462. The van der Waals surface area contributed by atoms with Gasteiger partial charge in [-0.2, -0.15) is 0 Å². The van der Waals surface area contributed by atoms with Gasteiger partial charge in [-0.15, -0.1) is 0 Å². The molecule has 0 radical (unpaired) electrons. The van der Waals surface area contributed by atoms with E-state index in [0.29, 0.717) is 30.6 Å². The number of aryl methyl sites for hydroxylation is 1. The topological polar surface area (TPSA) is 104 Å². The van der Waals surface area contributed by atoms with E-state index in [2.05, 4.69) is 15.4 Å². The van der Waals surface area contributed by atoms with Crippen LogP contribution in [0.25, 0.3) is 0 Å². The summed E-state index contributed by atoms with van der Waals surface area (Å²) >= 11 is 0. The monoisotopic (exact) mass is 341 g/mol. The van der Waals surface area contributed by atoms with Gasteiger partial charge in [-0.05, 0) is 50.6 Å². The molecule has 0 aliphatic carbocycles. The lowest BCUT2D eigenvalue weighted by molar-refractivity contribution is -0.118. The molecule has 0 atom stereocenters. The fraction of sp³-hybridized carbons (Fsp3) is 0.467. The molecule has 0 heterocycles.